The number of rotatable bonds is 2. The van der Waals surface area contributed by atoms with E-state index in [0.29, 0.717) is 12.3 Å². The van der Waals surface area contributed by atoms with Gasteiger partial charge in [-0.05, 0) is 51.0 Å². The minimum atomic E-state index is 0.350. The summed E-state index contributed by atoms with van der Waals surface area (Å²) in [6.45, 7) is 8.86. The topological polar surface area (TPSA) is 13.0 Å². The van der Waals surface area contributed by atoms with Gasteiger partial charge < -0.3 is 19.6 Å². The Morgan fingerprint density at radius 3 is 1.45 bits per heavy atom. The highest BCUT2D eigenvalue weighted by molar-refractivity contribution is 5.72. The number of aryl methyl sites for hydroxylation is 1. The molecule has 2 aliphatic heterocycles. The van der Waals surface area contributed by atoms with Gasteiger partial charge in [0, 0.05) is 50.3 Å². The van der Waals surface area contributed by atoms with Crippen LogP contribution in [0.3, 0.4) is 0 Å². The maximum Gasteiger partial charge on any atom is 0.102 e. The molecule has 0 saturated carbocycles. The largest absolute Gasteiger partial charge is 0.359 e. The van der Waals surface area contributed by atoms with E-state index in [4.69, 9.17) is 0 Å². The Morgan fingerprint density at radius 2 is 1.14 bits per heavy atom. The summed E-state index contributed by atoms with van der Waals surface area (Å²) in [7, 11) is 4.24. The summed E-state index contributed by atoms with van der Waals surface area (Å²) in [5.41, 5.74) is 5.20. The fraction of sp³-hybridized carbons (Fsp3) is 0.444. The lowest BCUT2D eigenvalue weighted by molar-refractivity contribution is 0.381. The second-order valence-corrected chi connectivity index (χ2v) is 6.43. The Balaban J connectivity index is 2.04. The first-order valence-corrected chi connectivity index (χ1v) is 7.88. The molecule has 0 saturated heterocycles. The van der Waals surface area contributed by atoms with Crippen LogP contribution in [0.5, 0.6) is 0 Å². The zero-order chi connectivity index (χ0) is 16.0. The van der Waals surface area contributed by atoms with Gasteiger partial charge in [-0.25, -0.2) is 0 Å². The number of nitrogens with zero attached hydrogens (tertiary/aromatic N) is 4. The smallest absolute Gasteiger partial charge is 0.102 e. The standard InChI is InChI=1S/C18H26N4/c1-13-11-17(21-9-7-19(5)15(21)3)14(2)18(12-13)22-10-8-20(6)16(22)4/h7-12,15-16H,1-6H3/t15-,16+. The van der Waals surface area contributed by atoms with Crippen LogP contribution in [0.1, 0.15) is 25.0 Å². The van der Waals surface area contributed by atoms with E-state index in [-0.39, 0.29) is 0 Å². The molecule has 0 aliphatic carbocycles. The summed E-state index contributed by atoms with van der Waals surface area (Å²) < 4.78 is 0. The molecule has 0 bridgehead atoms. The number of hydrogen-bond acceptors (Lipinski definition) is 4. The van der Waals surface area contributed by atoms with Crippen LogP contribution in [0, 0.1) is 13.8 Å². The SMILES string of the molecule is Cc1cc(N2C=CN(C)[C@H]2C)c(C)c(N2C=CN(C)[C@@H]2C)c1. The molecule has 2 atom stereocenters. The van der Waals surface area contributed by atoms with Crippen molar-refractivity contribution in [1.29, 1.82) is 0 Å². The minimum absolute atomic E-state index is 0.350. The van der Waals surface area contributed by atoms with E-state index in [1.807, 2.05) is 0 Å². The van der Waals surface area contributed by atoms with E-state index in [1.165, 1.54) is 22.5 Å². The van der Waals surface area contributed by atoms with Gasteiger partial charge in [0.05, 0.1) is 0 Å². The highest BCUT2D eigenvalue weighted by Crippen LogP contribution is 2.36. The van der Waals surface area contributed by atoms with Gasteiger partial charge in [-0.1, -0.05) is 0 Å². The molecule has 3 rings (SSSR count). The number of benzene rings is 1. The molecule has 2 aliphatic rings. The second-order valence-electron chi connectivity index (χ2n) is 6.43. The van der Waals surface area contributed by atoms with Crippen molar-refractivity contribution in [1.82, 2.24) is 9.80 Å². The van der Waals surface area contributed by atoms with E-state index in [1.54, 1.807) is 0 Å². The third-order valence-electron chi connectivity index (χ3n) is 4.96. The third-order valence-corrected chi connectivity index (χ3v) is 4.96. The molecular formula is C18H26N4. The Morgan fingerprint density at radius 1 is 0.727 bits per heavy atom. The number of hydrogen-bond donors (Lipinski definition) is 0. The first-order chi connectivity index (χ1) is 10.4. The summed E-state index contributed by atoms with van der Waals surface area (Å²) in [5, 5.41) is 0. The molecule has 0 aromatic heterocycles. The highest BCUT2D eigenvalue weighted by Gasteiger charge is 2.26. The summed E-state index contributed by atoms with van der Waals surface area (Å²) >= 11 is 0. The molecule has 2 heterocycles. The second kappa shape index (κ2) is 5.27. The summed E-state index contributed by atoms with van der Waals surface area (Å²) in [4.78, 5) is 9.15. The van der Waals surface area contributed by atoms with Crippen molar-refractivity contribution in [3.63, 3.8) is 0 Å². The van der Waals surface area contributed by atoms with Crippen molar-refractivity contribution < 1.29 is 0 Å². The van der Waals surface area contributed by atoms with Crippen molar-refractivity contribution in [2.45, 2.75) is 40.0 Å². The maximum atomic E-state index is 2.35. The molecule has 1 aromatic carbocycles. The van der Waals surface area contributed by atoms with Gasteiger partial charge in [0.1, 0.15) is 12.3 Å². The van der Waals surface area contributed by atoms with Gasteiger partial charge in [-0.15, -0.1) is 0 Å². The third kappa shape index (κ3) is 2.23. The Hall–Kier alpha value is -2.10. The van der Waals surface area contributed by atoms with E-state index < -0.39 is 0 Å². The molecule has 0 spiro atoms. The zero-order valence-corrected chi connectivity index (χ0v) is 14.4. The Labute approximate surface area is 133 Å². The van der Waals surface area contributed by atoms with Crippen LogP contribution >= 0.6 is 0 Å². The molecule has 22 heavy (non-hydrogen) atoms. The molecule has 0 fully saturated rings. The summed E-state index contributed by atoms with van der Waals surface area (Å²) in [5.74, 6) is 0. The molecule has 118 valence electrons. The lowest BCUT2D eigenvalue weighted by Crippen LogP contribution is -2.35. The van der Waals surface area contributed by atoms with Crippen LogP contribution in [-0.4, -0.2) is 36.2 Å². The van der Waals surface area contributed by atoms with Gasteiger partial charge >= 0.3 is 0 Å². The quantitative estimate of drug-likeness (QED) is 0.829. The normalized spacial score (nSPS) is 24.1. The van der Waals surface area contributed by atoms with Gasteiger partial charge in [-0.2, -0.15) is 0 Å². The van der Waals surface area contributed by atoms with Gasteiger partial charge in [0.25, 0.3) is 0 Å². The van der Waals surface area contributed by atoms with E-state index in [9.17, 15) is 0 Å². The van der Waals surface area contributed by atoms with Crippen LogP contribution in [0.25, 0.3) is 0 Å². The lowest BCUT2D eigenvalue weighted by Gasteiger charge is -2.33. The number of anilines is 2. The van der Waals surface area contributed by atoms with Gasteiger partial charge in [0.15, 0.2) is 0 Å². The molecule has 0 N–H and O–H groups in total. The maximum absolute atomic E-state index is 2.35. The average Bonchev–Trinajstić information content (AvgIpc) is 2.98. The molecule has 0 unspecified atom stereocenters. The van der Waals surface area contributed by atoms with Crippen LogP contribution < -0.4 is 9.80 Å². The van der Waals surface area contributed by atoms with Crippen LogP contribution in [0.2, 0.25) is 0 Å². The predicted molar refractivity (Wildman–Crippen MR) is 93.6 cm³/mol. The van der Waals surface area contributed by atoms with Crippen LogP contribution in [0.15, 0.2) is 36.9 Å². The fourth-order valence-corrected chi connectivity index (χ4v) is 3.16. The average molecular weight is 298 g/mol. The van der Waals surface area contributed by atoms with Crippen LogP contribution in [0.4, 0.5) is 11.4 Å². The first-order valence-electron chi connectivity index (χ1n) is 7.88. The van der Waals surface area contributed by atoms with Crippen molar-refractivity contribution in [2.24, 2.45) is 0 Å². The lowest BCUT2D eigenvalue weighted by atomic mass is 10.1. The highest BCUT2D eigenvalue weighted by atomic mass is 15.4. The summed E-state index contributed by atoms with van der Waals surface area (Å²) in [6.07, 6.45) is 9.32. The van der Waals surface area contributed by atoms with E-state index in [0.717, 1.165) is 0 Å². The molecule has 4 nitrogen and oxygen atoms in total. The Kier molecular flexibility index (Phi) is 3.55. The summed E-state index contributed by atoms with van der Waals surface area (Å²) in [6, 6.07) is 4.57. The van der Waals surface area contributed by atoms with Crippen LogP contribution in [-0.2, 0) is 0 Å². The molecule has 4 heteroatoms. The van der Waals surface area contributed by atoms with E-state index >= 15 is 0 Å². The predicted octanol–water partition coefficient (Wildman–Crippen LogP) is 3.44. The molecule has 1 aromatic rings. The molecule has 0 radical (unpaired) electrons. The minimum Gasteiger partial charge on any atom is -0.359 e. The van der Waals surface area contributed by atoms with Crippen molar-refractivity contribution in [3.8, 4) is 0 Å². The first kappa shape index (κ1) is 14.8. The molecule has 0 amide bonds. The van der Waals surface area contributed by atoms with Gasteiger partial charge in [0.2, 0.25) is 0 Å². The monoisotopic (exact) mass is 298 g/mol. The fourth-order valence-electron chi connectivity index (χ4n) is 3.16. The Bertz CT molecular complexity index is 583. The van der Waals surface area contributed by atoms with Gasteiger partial charge in [-0.3, -0.25) is 0 Å². The van der Waals surface area contributed by atoms with Crippen molar-refractivity contribution in [3.05, 3.63) is 48.1 Å². The zero-order valence-electron chi connectivity index (χ0n) is 14.4. The molecular weight excluding hydrogens is 272 g/mol. The van der Waals surface area contributed by atoms with Crippen molar-refractivity contribution >= 4 is 11.4 Å². The van der Waals surface area contributed by atoms with E-state index in [2.05, 4.69) is 98.3 Å². The van der Waals surface area contributed by atoms with Crippen molar-refractivity contribution in [2.75, 3.05) is 23.9 Å².